The molecule has 0 radical (unpaired) electrons. The largest absolute Gasteiger partial charge is 0.481 e. The molecule has 130 valence electrons. The number of pyridine rings is 1. The minimum atomic E-state index is -0.944. The van der Waals surface area contributed by atoms with Crippen LogP contribution in [0.2, 0.25) is 0 Å². The molecule has 25 heavy (non-hydrogen) atoms. The maximum atomic E-state index is 11.7. The number of para-hydroxylation sites is 1. The van der Waals surface area contributed by atoms with Crippen LogP contribution in [0.25, 0.3) is 10.9 Å². The van der Waals surface area contributed by atoms with Gasteiger partial charge in [0.1, 0.15) is 12.5 Å². The molecule has 0 bridgehead atoms. The first-order valence-corrected chi connectivity index (χ1v) is 8.19. The Morgan fingerprint density at radius 1 is 1.28 bits per heavy atom. The van der Waals surface area contributed by atoms with Crippen molar-refractivity contribution in [2.45, 2.75) is 25.8 Å². The third-order valence-corrected chi connectivity index (χ3v) is 3.83. The molecule has 0 aliphatic carbocycles. The van der Waals surface area contributed by atoms with Crippen molar-refractivity contribution in [3.8, 4) is 5.88 Å². The lowest BCUT2D eigenvalue weighted by atomic mass is 10.1. The van der Waals surface area contributed by atoms with Gasteiger partial charge in [-0.15, -0.1) is 0 Å². The Bertz CT molecular complexity index is 840. The van der Waals surface area contributed by atoms with E-state index < -0.39 is 11.9 Å². The van der Waals surface area contributed by atoms with Gasteiger partial charge in [-0.1, -0.05) is 18.2 Å². The molecule has 0 saturated heterocycles. The molecule has 3 rings (SSSR count). The van der Waals surface area contributed by atoms with E-state index in [2.05, 4.69) is 15.3 Å². The molecule has 1 aromatic carbocycles. The highest BCUT2D eigenvalue weighted by Crippen LogP contribution is 2.26. The standard InChI is InChI=1S/C19H21N3O3/c1-12(2)21-16-8-5-9-20-18(16)25-11-14(19(23)24)17-10-13-6-3-4-7-15(13)22-17/h3-10,12,14,21-22H,11H2,1-2H3,(H,23,24). The van der Waals surface area contributed by atoms with Gasteiger partial charge in [0.25, 0.3) is 0 Å². The number of benzene rings is 1. The molecule has 2 heterocycles. The third-order valence-electron chi connectivity index (χ3n) is 3.83. The van der Waals surface area contributed by atoms with E-state index >= 15 is 0 Å². The van der Waals surface area contributed by atoms with Crippen molar-refractivity contribution >= 4 is 22.6 Å². The third kappa shape index (κ3) is 3.91. The summed E-state index contributed by atoms with van der Waals surface area (Å²) in [6, 6.07) is 13.4. The number of nitrogens with zero attached hydrogens (tertiary/aromatic N) is 1. The van der Waals surface area contributed by atoms with E-state index in [1.165, 1.54) is 0 Å². The van der Waals surface area contributed by atoms with Crippen molar-refractivity contribution in [3.63, 3.8) is 0 Å². The van der Waals surface area contributed by atoms with E-state index in [-0.39, 0.29) is 12.6 Å². The highest BCUT2D eigenvalue weighted by atomic mass is 16.5. The van der Waals surface area contributed by atoms with Crippen LogP contribution in [0.15, 0.2) is 48.7 Å². The van der Waals surface area contributed by atoms with E-state index in [9.17, 15) is 9.90 Å². The molecule has 0 amide bonds. The number of hydrogen-bond acceptors (Lipinski definition) is 4. The summed E-state index contributed by atoms with van der Waals surface area (Å²) >= 11 is 0. The van der Waals surface area contributed by atoms with Crippen molar-refractivity contribution in [2.24, 2.45) is 0 Å². The van der Waals surface area contributed by atoms with E-state index in [0.717, 1.165) is 16.6 Å². The molecule has 0 spiro atoms. The smallest absolute Gasteiger partial charge is 0.316 e. The molecule has 1 atom stereocenters. The Kier molecular flexibility index (Phi) is 4.88. The number of carboxylic acids is 1. The lowest BCUT2D eigenvalue weighted by Crippen LogP contribution is -2.21. The summed E-state index contributed by atoms with van der Waals surface area (Å²) in [4.78, 5) is 19.1. The van der Waals surface area contributed by atoms with Crippen LogP contribution in [0.4, 0.5) is 5.69 Å². The van der Waals surface area contributed by atoms with Crippen LogP contribution in [0.5, 0.6) is 5.88 Å². The van der Waals surface area contributed by atoms with E-state index in [4.69, 9.17) is 4.74 Å². The first-order valence-electron chi connectivity index (χ1n) is 8.19. The molecule has 0 saturated carbocycles. The number of aromatic amines is 1. The Balaban J connectivity index is 1.80. The van der Waals surface area contributed by atoms with Crippen LogP contribution in [-0.4, -0.2) is 33.7 Å². The number of nitrogens with one attached hydrogen (secondary N) is 2. The zero-order valence-electron chi connectivity index (χ0n) is 14.2. The summed E-state index contributed by atoms with van der Waals surface area (Å²) < 4.78 is 5.74. The van der Waals surface area contributed by atoms with Crippen LogP contribution >= 0.6 is 0 Å². The molecular formula is C19H21N3O3. The van der Waals surface area contributed by atoms with Crippen LogP contribution in [-0.2, 0) is 4.79 Å². The maximum absolute atomic E-state index is 11.7. The maximum Gasteiger partial charge on any atom is 0.316 e. The number of rotatable bonds is 7. The first-order chi connectivity index (χ1) is 12.0. The first kappa shape index (κ1) is 16.8. The van der Waals surface area contributed by atoms with E-state index in [0.29, 0.717) is 11.6 Å². The quantitative estimate of drug-likeness (QED) is 0.612. The van der Waals surface area contributed by atoms with Gasteiger partial charge in [0.2, 0.25) is 5.88 Å². The van der Waals surface area contributed by atoms with Crippen LogP contribution in [0, 0.1) is 0 Å². The van der Waals surface area contributed by atoms with Crippen molar-refractivity contribution in [1.29, 1.82) is 0 Å². The van der Waals surface area contributed by atoms with E-state index in [1.807, 2.05) is 56.3 Å². The number of hydrogen-bond donors (Lipinski definition) is 3. The van der Waals surface area contributed by atoms with Gasteiger partial charge in [0.05, 0.1) is 5.69 Å². The number of aromatic nitrogens is 2. The van der Waals surface area contributed by atoms with Gasteiger partial charge in [-0.2, -0.15) is 0 Å². The van der Waals surface area contributed by atoms with Gasteiger partial charge >= 0.3 is 5.97 Å². The van der Waals surface area contributed by atoms with Crippen molar-refractivity contribution in [2.75, 3.05) is 11.9 Å². The number of carboxylic acid groups (broad SMARTS) is 1. The fraction of sp³-hybridized carbons (Fsp3) is 0.263. The van der Waals surface area contributed by atoms with Crippen LogP contribution in [0.1, 0.15) is 25.5 Å². The summed E-state index contributed by atoms with van der Waals surface area (Å²) in [6.45, 7) is 4.02. The molecule has 2 aromatic heterocycles. The molecule has 0 aliphatic heterocycles. The molecule has 1 unspecified atom stereocenters. The second-order valence-electron chi connectivity index (χ2n) is 6.17. The molecule has 0 aliphatic rings. The molecule has 3 N–H and O–H groups in total. The summed E-state index contributed by atoms with van der Waals surface area (Å²) in [5, 5.41) is 13.8. The summed E-state index contributed by atoms with van der Waals surface area (Å²) in [5.74, 6) is -1.35. The Morgan fingerprint density at radius 3 is 2.80 bits per heavy atom. The zero-order chi connectivity index (χ0) is 17.8. The Labute approximate surface area is 145 Å². The molecular weight excluding hydrogens is 318 g/mol. The highest BCUT2D eigenvalue weighted by Gasteiger charge is 2.23. The van der Waals surface area contributed by atoms with Gasteiger partial charge in [0, 0.05) is 23.4 Å². The van der Waals surface area contributed by atoms with Gasteiger partial charge in [-0.25, -0.2) is 4.98 Å². The van der Waals surface area contributed by atoms with Gasteiger partial charge in [-0.3, -0.25) is 4.79 Å². The van der Waals surface area contributed by atoms with Gasteiger partial charge < -0.3 is 20.1 Å². The topological polar surface area (TPSA) is 87.2 Å². The van der Waals surface area contributed by atoms with Crippen molar-refractivity contribution in [3.05, 3.63) is 54.4 Å². The number of anilines is 1. The lowest BCUT2D eigenvalue weighted by molar-refractivity contribution is -0.139. The molecule has 6 nitrogen and oxygen atoms in total. The van der Waals surface area contributed by atoms with Crippen LogP contribution < -0.4 is 10.1 Å². The summed E-state index contributed by atoms with van der Waals surface area (Å²) in [5.41, 5.74) is 2.27. The average Bonchev–Trinajstić information content (AvgIpc) is 2.99. The summed E-state index contributed by atoms with van der Waals surface area (Å²) in [6.07, 6.45) is 1.62. The fourth-order valence-corrected chi connectivity index (χ4v) is 2.67. The zero-order valence-corrected chi connectivity index (χ0v) is 14.2. The average molecular weight is 339 g/mol. The normalized spacial score (nSPS) is 12.3. The predicted octanol–water partition coefficient (Wildman–Crippen LogP) is 3.63. The monoisotopic (exact) mass is 339 g/mol. The molecule has 3 aromatic rings. The van der Waals surface area contributed by atoms with E-state index in [1.54, 1.807) is 6.20 Å². The second kappa shape index (κ2) is 7.25. The fourth-order valence-electron chi connectivity index (χ4n) is 2.67. The Morgan fingerprint density at radius 2 is 2.08 bits per heavy atom. The Hall–Kier alpha value is -3.02. The lowest BCUT2D eigenvalue weighted by Gasteiger charge is -2.16. The number of aliphatic carboxylic acids is 1. The number of fused-ring (bicyclic) bond motifs is 1. The number of carbonyl (C=O) groups is 1. The van der Waals surface area contributed by atoms with Crippen molar-refractivity contribution < 1.29 is 14.6 Å². The highest BCUT2D eigenvalue weighted by molar-refractivity contribution is 5.84. The summed E-state index contributed by atoms with van der Waals surface area (Å²) in [7, 11) is 0. The number of ether oxygens (including phenoxy) is 1. The van der Waals surface area contributed by atoms with Crippen LogP contribution in [0.3, 0.4) is 0 Å². The minimum Gasteiger partial charge on any atom is -0.481 e. The second-order valence-corrected chi connectivity index (χ2v) is 6.17. The van der Waals surface area contributed by atoms with Crippen molar-refractivity contribution in [1.82, 2.24) is 9.97 Å². The van der Waals surface area contributed by atoms with Gasteiger partial charge in [0.15, 0.2) is 0 Å². The molecule has 0 fully saturated rings. The SMILES string of the molecule is CC(C)Nc1cccnc1OCC(C(=O)O)c1cc2ccccc2[nH]1. The minimum absolute atomic E-state index is 0.00799. The number of H-pyrrole nitrogens is 1. The van der Waals surface area contributed by atoms with Gasteiger partial charge in [-0.05, 0) is 43.5 Å². The molecule has 6 heteroatoms. The predicted molar refractivity (Wildman–Crippen MR) is 97.2 cm³/mol.